The zero-order valence-corrected chi connectivity index (χ0v) is 16.8. The van der Waals surface area contributed by atoms with Gasteiger partial charge in [-0.2, -0.15) is 0 Å². The van der Waals surface area contributed by atoms with Crippen LogP contribution in [0.25, 0.3) is 0 Å². The number of aryl methyl sites for hydroxylation is 1. The highest BCUT2D eigenvalue weighted by atomic mass is 32.2. The highest BCUT2D eigenvalue weighted by Crippen LogP contribution is 2.21. The maximum absolute atomic E-state index is 12.1. The van der Waals surface area contributed by atoms with Crippen LogP contribution in [0.1, 0.15) is 18.9 Å². The number of ether oxygens (including phenoxy) is 2. The van der Waals surface area contributed by atoms with E-state index in [1.807, 2.05) is 6.92 Å². The molecule has 1 aromatic rings. The Bertz CT molecular complexity index is 718. The minimum absolute atomic E-state index is 0.107. The van der Waals surface area contributed by atoms with Crippen molar-refractivity contribution in [3.63, 3.8) is 0 Å². The Morgan fingerprint density at radius 2 is 2.00 bits per heavy atom. The van der Waals surface area contributed by atoms with Gasteiger partial charge in [0.25, 0.3) is 5.91 Å². The predicted molar refractivity (Wildman–Crippen MR) is 102 cm³/mol. The number of morpholine rings is 1. The Hall–Kier alpha value is -1.68. The third-order valence-electron chi connectivity index (χ3n) is 4.21. The molecule has 152 valence electrons. The lowest BCUT2D eigenvalue weighted by Crippen LogP contribution is -2.42. The van der Waals surface area contributed by atoms with Crippen LogP contribution in [0.5, 0.6) is 5.75 Å². The van der Waals surface area contributed by atoms with E-state index in [9.17, 15) is 13.2 Å². The largest absolute Gasteiger partial charge is 0.484 e. The van der Waals surface area contributed by atoms with Crippen LogP contribution in [-0.4, -0.2) is 71.8 Å². The summed E-state index contributed by atoms with van der Waals surface area (Å²) in [5.41, 5.74) is 0.662. The van der Waals surface area contributed by atoms with E-state index < -0.39 is 10.0 Å². The van der Waals surface area contributed by atoms with Crippen molar-refractivity contribution in [3.8, 4) is 5.75 Å². The van der Waals surface area contributed by atoms with Crippen molar-refractivity contribution >= 4 is 15.9 Å². The monoisotopic (exact) mass is 399 g/mol. The van der Waals surface area contributed by atoms with E-state index >= 15 is 0 Å². The Morgan fingerprint density at radius 3 is 2.67 bits per heavy atom. The first-order valence-corrected chi connectivity index (χ1v) is 10.7. The van der Waals surface area contributed by atoms with Gasteiger partial charge in [-0.15, -0.1) is 0 Å². The lowest BCUT2D eigenvalue weighted by Gasteiger charge is -2.26. The van der Waals surface area contributed by atoms with Crippen LogP contribution < -0.4 is 14.8 Å². The predicted octanol–water partition coefficient (Wildman–Crippen LogP) is 0.511. The number of carbonyl (C=O) groups excluding carboxylic acids is 1. The molecule has 1 aromatic carbocycles. The van der Waals surface area contributed by atoms with Crippen LogP contribution in [-0.2, 0) is 19.6 Å². The minimum atomic E-state index is -3.51. The number of sulfonamides is 1. The van der Waals surface area contributed by atoms with Gasteiger partial charge < -0.3 is 14.8 Å². The van der Waals surface area contributed by atoms with Crippen LogP contribution in [0, 0.1) is 6.92 Å². The maximum Gasteiger partial charge on any atom is 0.257 e. The van der Waals surface area contributed by atoms with E-state index in [2.05, 4.69) is 14.9 Å². The first kappa shape index (κ1) is 21.6. The summed E-state index contributed by atoms with van der Waals surface area (Å²) in [5, 5.41) is 2.83. The van der Waals surface area contributed by atoms with E-state index in [-0.39, 0.29) is 17.4 Å². The molecule has 1 fully saturated rings. The molecule has 0 unspecified atom stereocenters. The van der Waals surface area contributed by atoms with E-state index in [4.69, 9.17) is 9.47 Å². The summed E-state index contributed by atoms with van der Waals surface area (Å²) in [6, 6.07) is 4.61. The van der Waals surface area contributed by atoms with Gasteiger partial charge in [0, 0.05) is 32.7 Å². The van der Waals surface area contributed by atoms with Crippen molar-refractivity contribution in [2.75, 3.05) is 52.5 Å². The highest BCUT2D eigenvalue weighted by Gasteiger charge is 2.15. The third kappa shape index (κ3) is 7.10. The zero-order chi connectivity index (χ0) is 19.7. The van der Waals surface area contributed by atoms with Crippen molar-refractivity contribution in [3.05, 3.63) is 23.8 Å². The summed E-state index contributed by atoms with van der Waals surface area (Å²) in [7, 11) is -3.51. The maximum atomic E-state index is 12.1. The minimum Gasteiger partial charge on any atom is -0.484 e. The number of hydrogen-bond donors (Lipinski definition) is 2. The Balaban J connectivity index is 1.78. The molecule has 2 N–H and O–H groups in total. The molecule has 27 heavy (non-hydrogen) atoms. The summed E-state index contributed by atoms with van der Waals surface area (Å²) in [5.74, 6) is 0.289. The fraction of sp³-hybridized carbons (Fsp3) is 0.611. The number of nitrogens with zero attached hydrogens (tertiary/aromatic N) is 1. The topological polar surface area (TPSA) is 97.0 Å². The van der Waals surface area contributed by atoms with Gasteiger partial charge in [0.1, 0.15) is 5.75 Å². The number of rotatable bonds is 10. The van der Waals surface area contributed by atoms with Crippen LogP contribution in [0.15, 0.2) is 23.1 Å². The molecule has 0 spiro atoms. The molecule has 0 saturated carbocycles. The van der Waals surface area contributed by atoms with Crippen LogP contribution >= 0.6 is 0 Å². The molecule has 1 amide bonds. The summed E-state index contributed by atoms with van der Waals surface area (Å²) in [4.78, 5) is 14.4. The summed E-state index contributed by atoms with van der Waals surface area (Å²) >= 11 is 0. The Labute approximate surface area is 161 Å². The second kappa shape index (κ2) is 10.6. The average molecular weight is 400 g/mol. The van der Waals surface area contributed by atoms with Gasteiger partial charge in [-0.3, -0.25) is 9.69 Å². The van der Waals surface area contributed by atoms with Gasteiger partial charge in [0.15, 0.2) is 6.61 Å². The van der Waals surface area contributed by atoms with Crippen molar-refractivity contribution < 1.29 is 22.7 Å². The van der Waals surface area contributed by atoms with Gasteiger partial charge >= 0.3 is 0 Å². The molecule has 1 heterocycles. The summed E-state index contributed by atoms with van der Waals surface area (Å²) in [6.07, 6.45) is 0.722. The quantitative estimate of drug-likeness (QED) is 0.595. The number of carbonyl (C=O) groups is 1. The number of hydrogen-bond acceptors (Lipinski definition) is 6. The van der Waals surface area contributed by atoms with E-state index in [1.54, 1.807) is 19.1 Å². The first-order chi connectivity index (χ1) is 12.9. The van der Waals surface area contributed by atoms with Crippen molar-refractivity contribution in [1.82, 2.24) is 14.9 Å². The van der Waals surface area contributed by atoms with Crippen molar-refractivity contribution in [2.24, 2.45) is 0 Å². The van der Waals surface area contributed by atoms with Gasteiger partial charge in [-0.1, -0.05) is 6.92 Å². The van der Waals surface area contributed by atoms with Crippen molar-refractivity contribution in [1.29, 1.82) is 0 Å². The summed E-state index contributed by atoms with van der Waals surface area (Å²) in [6.45, 7) is 8.51. The number of amides is 1. The number of nitrogens with one attached hydrogen (secondary N) is 2. The first-order valence-electron chi connectivity index (χ1n) is 9.22. The Morgan fingerprint density at radius 1 is 1.26 bits per heavy atom. The van der Waals surface area contributed by atoms with Crippen molar-refractivity contribution in [2.45, 2.75) is 25.2 Å². The van der Waals surface area contributed by atoms with E-state index in [0.717, 1.165) is 39.3 Å². The lowest BCUT2D eigenvalue weighted by molar-refractivity contribution is -0.123. The number of benzene rings is 1. The molecule has 0 bridgehead atoms. The second-order valence-electron chi connectivity index (χ2n) is 6.42. The molecule has 1 aliphatic heterocycles. The molecule has 0 radical (unpaired) electrons. The van der Waals surface area contributed by atoms with Crippen LogP contribution in [0.4, 0.5) is 0 Å². The molecule has 2 rings (SSSR count). The lowest BCUT2D eigenvalue weighted by atomic mass is 10.2. The zero-order valence-electron chi connectivity index (χ0n) is 16.0. The normalized spacial score (nSPS) is 15.5. The molecule has 1 aliphatic rings. The Kier molecular flexibility index (Phi) is 8.49. The molecule has 0 atom stereocenters. The van der Waals surface area contributed by atoms with Crippen LogP contribution in [0.3, 0.4) is 0 Å². The second-order valence-corrected chi connectivity index (χ2v) is 8.18. The third-order valence-corrected chi connectivity index (χ3v) is 5.67. The molecule has 8 nitrogen and oxygen atoms in total. The van der Waals surface area contributed by atoms with Gasteiger partial charge in [0.05, 0.1) is 18.1 Å². The molecular weight excluding hydrogens is 370 g/mol. The van der Waals surface area contributed by atoms with Gasteiger partial charge in [-0.05, 0) is 37.1 Å². The molecular formula is C18H29N3O5S. The smallest absolute Gasteiger partial charge is 0.257 e. The standard InChI is InChI=1S/C18H29N3O5S/c1-3-6-20-27(23,24)16-4-5-17(15(2)13-16)26-14-18(22)19-7-8-21-9-11-25-12-10-21/h4-5,13,20H,3,6-12,14H2,1-2H3,(H,19,22). The molecule has 1 saturated heterocycles. The van der Waals surface area contributed by atoms with Gasteiger partial charge in [-0.25, -0.2) is 13.1 Å². The molecule has 9 heteroatoms. The average Bonchev–Trinajstić information content (AvgIpc) is 2.66. The van der Waals surface area contributed by atoms with Crippen LogP contribution in [0.2, 0.25) is 0 Å². The highest BCUT2D eigenvalue weighted by molar-refractivity contribution is 7.89. The van der Waals surface area contributed by atoms with Gasteiger partial charge in [0.2, 0.25) is 10.0 Å². The van der Waals surface area contributed by atoms with E-state index in [0.29, 0.717) is 24.4 Å². The summed E-state index contributed by atoms with van der Waals surface area (Å²) < 4.78 is 37.6. The SMILES string of the molecule is CCCNS(=O)(=O)c1ccc(OCC(=O)NCCN2CCOCC2)c(C)c1. The van der Waals surface area contributed by atoms with E-state index in [1.165, 1.54) is 6.07 Å². The molecule has 0 aromatic heterocycles. The fourth-order valence-corrected chi connectivity index (χ4v) is 3.86. The molecule has 0 aliphatic carbocycles. The fourth-order valence-electron chi connectivity index (χ4n) is 2.64.